The smallest absolute Gasteiger partial charge is 0.416 e. The fourth-order valence-corrected chi connectivity index (χ4v) is 1.97. The number of ketones is 1. The van der Waals surface area contributed by atoms with Crippen molar-refractivity contribution in [3.05, 3.63) is 70.8 Å². The lowest BCUT2D eigenvalue weighted by Crippen LogP contribution is -2.11. The maximum atomic E-state index is 12.8. The molecule has 0 fully saturated rings. The molecule has 0 aromatic heterocycles. The van der Waals surface area contributed by atoms with Crippen molar-refractivity contribution in [1.82, 2.24) is 0 Å². The molecule has 2 rings (SSSR count). The topological polar surface area (TPSA) is 37.3 Å². The quantitative estimate of drug-likeness (QED) is 0.457. The summed E-state index contributed by atoms with van der Waals surface area (Å²) in [5, 5.41) is 9.12. The lowest BCUT2D eigenvalue weighted by atomic mass is 10.0. The second kappa shape index (κ2) is 6.62. The van der Waals surface area contributed by atoms with Crippen molar-refractivity contribution in [3.8, 4) is 5.75 Å². The lowest BCUT2D eigenvalue weighted by Gasteiger charge is -2.12. The Bertz CT molecular complexity index is 769. The van der Waals surface area contributed by atoms with Gasteiger partial charge in [0.15, 0.2) is 5.78 Å². The molecule has 0 aliphatic carbocycles. The number of halogens is 6. The molecule has 0 bridgehead atoms. The van der Waals surface area contributed by atoms with Crippen molar-refractivity contribution in [3.63, 3.8) is 0 Å². The second-order valence-corrected chi connectivity index (χ2v) is 5.08. The number of rotatable bonds is 3. The van der Waals surface area contributed by atoms with E-state index in [2.05, 4.69) is 0 Å². The van der Waals surface area contributed by atoms with Crippen LogP contribution in [0.15, 0.2) is 48.5 Å². The number of phenols is 1. The normalized spacial score (nSPS) is 12.6. The van der Waals surface area contributed by atoms with E-state index in [0.717, 1.165) is 12.2 Å². The summed E-state index contributed by atoms with van der Waals surface area (Å²) in [5.41, 5.74) is -3.20. The summed E-state index contributed by atoms with van der Waals surface area (Å²) >= 11 is 0. The largest absolute Gasteiger partial charge is 0.508 e. The Kier molecular flexibility index (Phi) is 4.92. The zero-order valence-electron chi connectivity index (χ0n) is 12.3. The second-order valence-electron chi connectivity index (χ2n) is 5.08. The summed E-state index contributed by atoms with van der Waals surface area (Å²) < 4.78 is 76.5. The predicted octanol–water partition coefficient (Wildman–Crippen LogP) is 5.33. The van der Waals surface area contributed by atoms with Crippen molar-refractivity contribution in [2.45, 2.75) is 12.4 Å². The van der Waals surface area contributed by atoms with Crippen LogP contribution in [-0.4, -0.2) is 10.9 Å². The summed E-state index contributed by atoms with van der Waals surface area (Å²) in [4.78, 5) is 11.9. The number of aromatic hydroxyl groups is 1. The minimum atomic E-state index is -4.95. The van der Waals surface area contributed by atoms with Crippen molar-refractivity contribution >= 4 is 11.9 Å². The Morgan fingerprint density at radius 3 is 1.76 bits per heavy atom. The maximum Gasteiger partial charge on any atom is 0.416 e. The van der Waals surface area contributed by atoms with E-state index < -0.39 is 34.8 Å². The zero-order valence-corrected chi connectivity index (χ0v) is 12.3. The number of allylic oxidation sites excluding steroid dienone is 1. The Morgan fingerprint density at radius 2 is 1.32 bits per heavy atom. The Labute approximate surface area is 138 Å². The van der Waals surface area contributed by atoms with Crippen LogP contribution in [0.3, 0.4) is 0 Å². The molecule has 2 aromatic rings. The molecule has 0 heterocycles. The van der Waals surface area contributed by atoms with Gasteiger partial charge in [-0.25, -0.2) is 0 Å². The van der Waals surface area contributed by atoms with Gasteiger partial charge in [-0.2, -0.15) is 26.3 Å². The summed E-state index contributed by atoms with van der Waals surface area (Å²) in [6.45, 7) is 0. The molecule has 0 unspecified atom stereocenters. The fraction of sp³-hybridized carbons (Fsp3) is 0.118. The van der Waals surface area contributed by atoms with Gasteiger partial charge in [-0.3, -0.25) is 4.79 Å². The number of alkyl halides is 6. The molecule has 0 radical (unpaired) electrons. The van der Waals surface area contributed by atoms with Gasteiger partial charge in [-0.05, 0) is 54.1 Å². The molecule has 25 heavy (non-hydrogen) atoms. The monoisotopic (exact) mass is 360 g/mol. The highest BCUT2D eigenvalue weighted by atomic mass is 19.4. The predicted molar refractivity (Wildman–Crippen MR) is 77.9 cm³/mol. The van der Waals surface area contributed by atoms with Gasteiger partial charge >= 0.3 is 12.4 Å². The standard InChI is InChI=1S/C17H10F6O2/c18-16(19,20)12-7-10(8-13(9-12)17(21,22)23)1-6-15(25)11-2-4-14(24)5-3-11/h1-9,24H/b6-1+. The summed E-state index contributed by atoms with van der Waals surface area (Å²) in [6.07, 6.45) is -8.17. The van der Waals surface area contributed by atoms with Crippen LogP contribution in [0, 0.1) is 0 Å². The van der Waals surface area contributed by atoms with E-state index in [1.807, 2.05) is 0 Å². The van der Waals surface area contributed by atoms with E-state index in [1.165, 1.54) is 24.3 Å². The Morgan fingerprint density at radius 1 is 0.840 bits per heavy atom. The molecule has 2 nitrogen and oxygen atoms in total. The summed E-state index contributed by atoms with van der Waals surface area (Å²) in [5.74, 6) is -0.723. The van der Waals surface area contributed by atoms with Crippen LogP contribution < -0.4 is 0 Å². The molecule has 0 aliphatic rings. The van der Waals surface area contributed by atoms with Crippen LogP contribution in [0.4, 0.5) is 26.3 Å². The van der Waals surface area contributed by atoms with Gasteiger partial charge in [-0.1, -0.05) is 6.08 Å². The highest BCUT2D eigenvalue weighted by molar-refractivity contribution is 6.06. The van der Waals surface area contributed by atoms with Crippen LogP contribution in [0.25, 0.3) is 6.08 Å². The van der Waals surface area contributed by atoms with Crippen LogP contribution in [0.2, 0.25) is 0 Å². The van der Waals surface area contributed by atoms with Crippen LogP contribution in [0.1, 0.15) is 27.0 Å². The van der Waals surface area contributed by atoms with E-state index in [1.54, 1.807) is 0 Å². The van der Waals surface area contributed by atoms with Crippen molar-refractivity contribution in [2.75, 3.05) is 0 Å². The minimum absolute atomic E-state index is 0.0130. The van der Waals surface area contributed by atoms with E-state index in [-0.39, 0.29) is 17.4 Å². The average Bonchev–Trinajstić information content (AvgIpc) is 2.51. The molecule has 0 spiro atoms. The van der Waals surface area contributed by atoms with E-state index in [4.69, 9.17) is 5.11 Å². The first kappa shape index (κ1) is 18.6. The first-order valence-corrected chi connectivity index (χ1v) is 6.78. The average molecular weight is 360 g/mol. The first-order valence-electron chi connectivity index (χ1n) is 6.78. The fourth-order valence-electron chi connectivity index (χ4n) is 1.97. The summed E-state index contributed by atoms with van der Waals surface area (Å²) in [6, 6.07) is 6.07. The number of benzene rings is 2. The number of carbonyl (C=O) groups excluding carboxylic acids is 1. The van der Waals surface area contributed by atoms with E-state index >= 15 is 0 Å². The van der Waals surface area contributed by atoms with Gasteiger partial charge in [0.1, 0.15) is 5.75 Å². The molecule has 2 aromatic carbocycles. The lowest BCUT2D eigenvalue weighted by molar-refractivity contribution is -0.143. The molecule has 1 N–H and O–H groups in total. The highest BCUT2D eigenvalue weighted by Crippen LogP contribution is 2.36. The van der Waals surface area contributed by atoms with Crippen molar-refractivity contribution < 1.29 is 36.2 Å². The van der Waals surface area contributed by atoms with Crippen molar-refractivity contribution in [1.29, 1.82) is 0 Å². The third kappa shape index (κ3) is 4.85. The van der Waals surface area contributed by atoms with Crippen LogP contribution in [0.5, 0.6) is 5.75 Å². The van der Waals surface area contributed by atoms with Crippen molar-refractivity contribution in [2.24, 2.45) is 0 Å². The highest BCUT2D eigenvalue weighted by Gasteiger charge is 2.36. The van der Waals surface area contributed by atoms with Gasteiger partial charge in [0.05, 0.1) is 11.1 Å². The van der Waals surface area contributed by atoms with Gasteiger partial charge in [-0.15, -0.1) is 0 Å². The van der Waals surface area contributed by atoms with E-state index in [9.17, 15) is 31.1 Å². The number of hydrogen-bond donors (Lipinski definition) is 1. The SMILES string of the molecule is O=C(/C=C/c1cc(C(F)(F)F)cc(C(F)(F)F)c1)c1ccc(O)cc1. The molecule has 132 valence electrons. The maximum absolute atomic E-state index is 12.8. The zero-order chi connectivity index (χ0) is 18.8. The molecule has 0 saturated carbocycles. The van der Waals surface area contributed by atoms with Gasteiger partial charge in [0, 0.05) is 5.56 Å². The third-order valence-electron chi connectivity index (χ3n) is 3.19. The number of phenolic OH excluding ortho intramolecular Hbond substituents is 1. The number of carbonyl (C=O) groups is 1. The third-order valence-corrected chi connectivity index (χ3v) is 3.19. The van der Waals surface area contributed by atoms with Gasteiger partial charge < -0.3 is 5.11 Å². The molecule has 0 amide bonds. The Balaban J connectivity index is 2.37. The number of hydrogen-bond acceptors (Lipinski definition) is 2. The minimum Gasteiger partial charge on any atom is -0.508 e. The van der Waals surface area contributed by atoms with Crippen LogP contribution in [-0.2, 0) is 12.4 Å². The summed E-state index contributed by atoms with van der Waals surface area (Å²) in [7, 11) is 0. The first-order chi connectivity index (χ1) is 11.5. The molecule has 0 saturated heterocycles. The van der Waals surface area contributed by atoms with Crippen LogP contribution >= 0.6 is 0 Å². The van der Waals surface area contributed by atoms with Gasteiger partial charge in [0.2, 0.25) is 0 Å². The van der Waals surface area contributed by atoms with E-state index in [0.29, 0.717) is 12.1 Å². The Hall–Kier alpha value is -2.77. The molecule has 0 atom stereocenters. The molecular weight excluding hydrogens is 350 g/mol. The van der Waals surface area contributed by atoms with Gasteiger partial charge in [0.25, 0.3) is 0 Å². The molecule has 8 heteroatoms. The molecule has 0 aliphatic heterocycles. The molecular formula is C17H10F6O2.